The van der Waals surface area contributed by atoms with Gasteiger partial charge < -0.3 is 15.3 Å². The quantitative estimate of drug-likeness (QED) is 0.770. The van der Waals surface area contributed by atoms with Crippen molar-refractivity contribution >= 4 is 11.6 Å². The Labute approximate surface area is 94.9 Å². The summed E-state index contributed by atoms with van der Waals surface area (Å²) in [6.45, 7) is 3.67. The SMILES string of the molecule is C[C@H](O)c1ccc(N2CCNC(=O)C2)cc1. The van der Waals surface area contributed by atoms with Crippen molar-refractivity contribution in [3.05, 3.63) is 29.8 Å². The molecular weight excluding hydrogens is 204 g/mol. The molecule has 2 N–H and O–H groups in total. The van der Waals surface area contributed by atoms with Gasteiger partial charge in [-0.15, -0.1) is 0 Å². The van der Waals surface area contributed by atoms with Crippen LogP contribution in [0.1, 0.15) is 18.6 Å². The Morgan fingerprint density at radius 3 is 2.62 bits per heavy atom. The molecule has 1 atom stereocenters. The molecule has 1 saturated heterocycles. The number of carbonyl (C=O) groups is 1. The van der Waals surface area contributed by atoms with Crippen molar-refractivity contribution in [3.63, 3.8) is 0 Å². The lowest BCUT2D eigenvalue weighted by molar-refractivity contribution is -0.120. The second-order valence-corrected chi connectivity index (χ2v) is 4.04. The van der Waals surface area contributed by atoms with Gasteiger partial charge in [0.05, 0.1) is 12.6 Å². The van der Waals surface area contributed by atoms with Gasteiger partial charge >= 0.3 is 0 Å². The molecule has 1 aromatic carbocycles. The summed E-state index contributed by atoms with van der Waals surface area (Å²) in [7, 11) is 0. The molecule has 1 heterocycles. The van der Waals surface area contributed by atoms with Crippen LogP contribution in [0, 0.1) is 0 Å². The van der Waals surface area contributed by atoms with E-state index in [1.807, 2.05) is 29.2 Å². The average molecular weight is 220 g/mol. The number of aliphatic hydroxyl groups is 1. The van der Waals surface area contributed by atoms with E-state index < -0.39 is 6.10 Å². The maximum atomic E-state index is 11.2. The minimum absolute atomic E-state index is 0.0610. The van der Waals surface area contributed by atoms with E-state index in [4.69, 9.17) is 0 Å². The Kier molecular flexibility index (Phi) is 3.10. The molecule has 4 heteroatoms. The normalized spacial score (nSPS) is 18.1. The van der Waals surface area contributed by atoms with Crippen LogP contribution in [0.15, 0.2) is 24.3 Å². The van der Waals surface area contributed by atoms with Crippen LogP contribution in [0.2, 0.25) is 0 Å². The lowest BCUT2D eigenvalue weighted by Crippen LogP contribution is -2.47. The van der Waals surface area contributed by atoms with Crippen LogP contribution >= 0.6 is 0 Å². The largest absolute Gasteiger partial charge is 0.389 e. The Balaban J connectivity index is 2.11. The number of aliphatic hydroxyl groups excluding tert-OH is 1. The molecule has 1 aliphatic heterocycles. The topological polar surface area (TPSA) is 52.6 Å². The summed E-state index contributed by atoms with van der Waals surface area (Å²) in [5.74, 6) is 0.0610. The first-order valence-electron chi connectivity index (χ1n) is 5.46. The monoisotopic (exact) mass is 220 g/mol. The highest BCUT2D eigenvalue weighted by Crippen LogP contribution is 2.19. The fourth-order valence-electron chi connectivity index (χ4n) is 1.82. The van der Waals surface area contributed by atoms with Crippen LogP contribution in [0.4, 0.5) is 5.69 Å². The van der Waals surface area contributed by atoms with Gasteiger partial charge in [0, 0.05) is 18.8 Å². The molecule has 0 aliphatic carbocycles. The number of nitrogens with zero attached hydrogens (tertiary/aromatic N) is 1. The van der Waals surface area contributed by atoms with E-state index >= 15 is 0 Å². The fraction of sp³-hybridized carbons (Fsp3) is 0.417. The first-order valence-corrected chi connectivity index (χ1v) is 5.46. The van der Waals surface area contributed by atoms with Crippen molar-refractivity contribution in [3.8, 4) is 0 Å². The molecule has 4 nitrogen and oxygen atoms in total. The number of benzene rings is 1. The number of rotatable bonds is 2. The molecule has 0 spiro atoms. The van der Waals surface area contributed by atoms with Crippen LogP contribution in [-0.4, -0.2) is 30.6 Å². The summed E-state index contributed by atoms with van der Waals surface area (Å²) in [5.41, 5.74) is 1.92. The number of hydrogen-bond acceptors (Lipinski definition) is 3. The molecule has 0 aromatic heterocycles. The van der Waals surface area contributed by atoms with E-state index in [2.05, 4.69) is 5.32 Å². The minimum Gasteiger partial charge on any atom is -0.389 e. The van der Waals surface area contributed by atoms with Gasteiger partial charge in [-0.1, -0.05) is 12.1 Å². The molecule has 1 aromatic rings. The van der Waals surface area contributed by atoms with Crippen LogP contribution in [0.3, 0.4) is 0 Å². The molecular formula is C12H16N2O2. The summed E-state index contributed by atoms with van der Waals surface area (Å²) in [4.78, 5) is 13.3. The summed E-state index contributed by atoms with van der Waals surface area (Å²) in [6.07, 6.45) is -0.446. The van der Waals surface area contributed by atoms with Gasteiger partial charge in [-0.05, 0) is 24.6 Å². The molecule has 0 unspecified atom stereocenters. The van der Waals surface area contributed by atoms with Gasteiger partial charge in [-0.3, -0.25) is 4.79 Å². The van der Waals surface area contributed by atoms with E-state index in [9.17, 15) is 9.90 Å². The van der Waals surface area contributed by atoms with Gasteiger partial charge in [0.15, 0.2) is 0 Å². The van der Waals surface area contributed by atoms with Gasteiger partial charge in [0.2, 0.25) is 5.91 Å². The first kappa shape index (κ1) is 11.0. The molecule has 1 fully saturated rings. The highest BCUT2D eigenvalue weighted by Gasteiger charge is 2.16. The zero-order chi connectivity index (χ0) is 11.5. The van der Waals surface area contributed by atoms with Crippen molar-refractivity contribution in [2.45, 2.75) is 13.0 Å². The molecule has 0 bridgehead atoms. The lowest BCUT2D eigenvalue weighted by atomic mass is 10.1. The highest BCUT2D eigenvalue weighted by atomic mass is 16.3. The third-order valence-electron chi connectivity index (χ3n) is 2.78. The maximum absolute atomic E-state index is 11.2. The van der Waals surface area contributed by atoms with Crippen LogP contribution in [0.25, 0.3) is 0 Å². The molecule has 0 radical (unpaired) electrons. The highest BCUT2D eigenvalue weighted by molar-refractivity contribution is 5.82. The van der Waals surface area contributed by atoms with Crippen molar-refractivity contribution < 1.29 is 9.90 Å². The number of hydrogen-bond donors (Lipinski definition) is 2. The third kappa shape index (κ3) is 2.33. The third-order valence-corrected chi connectivity index (χ3v) is 2.78. The standard InChI is InChI=1S/C12H16N2O2/c1-9(15)10-2-4-11(5-3-10)14-7-6-13-12(16)8-14/h2-5,9,15H,6-8H2,1H3,(H,13,16)/t9-/m0/s1. The second-order valence-electron chi connectivity index (χ2n) is 4.04. The van der Waals surface area contributed by atoms with Crippen LogP contribution in [-0.2, 0) is 4.79 Å². The fourth-order valence-corrected chi connectivity index (χ4v) is 1.82. The van der Waals surface area contributed by atoms with Gasteiger partial charge in [-0.25, -0.2) is 0 Å². The predicted molar refractivity (Wildman–Crippen MR) is 62.3 cm³/mol. The Morgan fingerprint density at radius 2 is 2.06 bits per heavy atom. The average Bonchev–Trinajstić information content (AvgIpc) is 2.29. The number of nitrogens with one attached hydrogen (secondary N) is 1. The summed E-state index contributed by atoms with van der Waals surface area (Å²) in [5, 5.41) is 12.2. The molecule has 0 saturated carbocycles. The van der Waals surface area contributed by atoms with Crippen molar-refractivity contribution in [1.82, 2.24) is 5.32 Å². The summed E-state index contributed by atoms with van der Waals surface area (Å²) in [6, 6.07) is 7.68. The Hall–Kier alpha value is -1.55. The molecule has 1 amide bonds. The molecule has 86 valence electrons. The van der Waals surface area contributed by atoms with Gasteiger partial charge in [-0.2, -0.15) is 0 Å². The number of amides is 1. The second kappa shape index (κ2) is 4.53. The first-order chi connectivity index (χ1) is 7.66. The van der Waals surface area contributed by atoms with Crippen LogP contribution in [0.5, 0.6) is 0 Å². The van der Waals surface area contributed by atoms with Crippen molar-refractivity contribution in [1.29, 1.82) is 0 Å². The van der Waals surface area contributed by atoms with E-state index in [0.717, 1.165) is 17.8 Å². The zero-order valence-corrected chi connectivity index (χ0v) is 9.31. The minimum atomic E-state index is -0.446. The van der Waals surface area contributed by atoms with E-state index in [-0.39, 0.29) is 5.91 Å². The number of anilines is 1. The van der Waals surface area contributed by atoms with Crippen molar-refractivity contribution in [2.24, 2.45) is 0 Å². The van der Waals surface area contributed by atoms with Crippen LogP contribution < -0.4 is 10.2 Å². The predicted octanol–water partition coefficient (Wildman–Crippen LogP) is 0.676. The van der Waals surface area contributed by atoms with E-state index in [0.29, 0.717) is 13.1 Å². The zero-order valence-electron chi connectivity index (χ0n) is 9.31. The summed E-state index contributed by atoms with van der Waals surface area (Å²) >= 11 is 0. The summed E-state index contributed by atoms with van der Waals surface area (Å²) < 4.78 is 0. The lowest BCUT2D eigenvalue weighted by Gasteiger charge is -2.28. The smallest absolute Gasteiger partial charge is 0.239 e. The maximum Gasteiger partial charge on any atom is 0.239 e. The Morgan fingerprint density at radius 1 is 1.38 bits per heavy atom. The number of piperazine rings is 1. The molecule has 16 heavy (non-hydrogen) atoms. The molecule has 2 rings (SSSR count). The van der Waals surface area contributed by atoms with Crippen molar-refractivity contribution in [2.75, 3.05) is 24.5 Å². The van der Waals surface area contributed by atoms with Gasteiger partial charge in [0.1, 0.15) is 0 Å². The van der Waals surface area contributed by atoms with Gasteiger partial charge in [0.25, 0.3) is 0 Å². The number of carbonyl (C=O) groups excluding carboxylic acids is 1. The van der Waals surface area contributed by atoms with E-state index in [1.54, 1.807) is 6.92 Å². The van der Waals surface area contributed by atoms with E-state index in [1.165, 1.54) is 0 Å². The molecule has 1 aliphatic rings. The Bertz CT molecular complexity index is 373.